The topological polar surface area (TPSA) is 42.0 Å². The monoisotopic (exact) mass is 482 g/mol. The van der Waals surface area contributed by atoms with Gasteiger partial charge in [0.1, 0.15) is 11.9 Å². The van der Waals surface area contributed by atoms with Crippen LogP contribution < -0.4 is 4.74 Å². The number of hydrogen-bond donors (Lipinski definition) is 1. The van der Waals surface area contributed by atoms with Crippen LogP contribution in [0.4, 0.5) is 13.2 Å². The van der Waals surface area contributed by atoms with Crippen molar-refractivity contribution in [2.75, 3.05) is 13.2 Å². The molecule has 1 saturated heterocycles. The first-order valence-electron chi connectivity index (χ1n) is 12.2. The fourth-order valence-electron chi connectivity index (χ4n) is 4.97. The van der Waals surface area contributed by atoms with Gasteiger partial charge in [-0.3, -0.25) is 0 Å². The lowest BCUT2D eigenvalue weighted by Gasteiger charge is -2.29. The minimum Gasteiger partial charge on any atom is -0.490 e. The molecule has 6 heteroatoms. The summed E-state index contributed by atoms with van der Waals surface area (Å²) in [5.41, 5.74) is 3.02. The summed E-state index contributed by atoms with van der Waals surface area (Å²) >= 11 is 0. The van der Waals surface area contributed by atoms with Crippen LogP contribution in [0.2, 0.25) is 0 Å². The van der Waals surface area contributed by atoms with E-state index in [9.17, 15) is 18.3 Å². The highest BCUT2D eigenvalue weighted by molar-refractivity contribution is 5.65. The Morgan fingerprint density at radius 3 is 2.29 bits per heavy atom. The molecule has 2 aliphatic rings. The second-order valence-corrected chi connectivity index (χ2v) is 9.67. The molecule has 0 spiro atoms. The zero-order valence-corrected chi connectivity index (χ0v) is 19.6. The lowest BCUT2D eigenvalue weighted by molar-refractivity contribution is 0.192. The average Bonchev–Trinajstić information content (AvgIpc) is 3.71. The Morgan fingerprint density at radius 2 is 1.66 bits per heavy atom. The Bertz CT molecular complexity index is 1180. The molecule has 1 aliphatic carbocycles. The Balaban J connectivity index is 1.18. The Morgan fingerprint density at radius 1 is 0.943 bits per heavy atom. The molecule has 2 atom stereocenters. The van der Waals surface area contributed by atoms with Crippen molar-refractivity contribution >= 4 is 0 Å². The first-order chi connectivity index (χ1) is 16.9. The molecule has 5 rings (SSSR count). The van der Waals surface area contributed by atoms with Crippen molar-refractivity contribution in [3.8, 4) is 16.9 Å². The largest absolute Gasteiger partial charge is 0.490 e. The van der Waals surface area contributed by atoms with Gasteiger partial charge in [0, 0.05) is 5.56 Å². The van der Waals surface area contributed by atoms with Crippen LogP contribution in [0.15, 0.2) is 54.6 Å². The molecule has 0 radical (unpaired) electrons. The van der Waals surface area contributed by atoms with Crippen molar-refractivity contribution < 1.29 is 27.8 Å². The number of rotatable bonds is 7. The fourth-order valence-corrected chi connectivity index (χ4v) is 4.97. The zero-order chi connectivity index (χ0) is 24.5. The van der Waals surface area contributed by atoms with E-state index in [1.165, 1.54) is 12.1 Å². The molecule has 3 aromatic rings. The maximum absolute atomic E-state index is 14.8. The summed E-state index contributed by atoms with van der Waals surface area (Å²) in [6.07, 6.45) is 2.77. The van der Waals surface area contributed by atoms with Crippen LogP contribution in [0.3, 0.4) is 0 Å². The van der Waals surface area contributed by atoms with Crippen molar-refractivity contribution in [3.63, 3.8) is 0 Å². The maximum Gasteiger partial charge on any atom is 0.201 e. The predicted octanol–water partition coefficient (Wildman–Crippen LogP) is 7.25. The van der Waals surface area contributed by atoms with Crippen molar-refractivity contribution in [3.05, 3.63) is 88.7 Å². The van der Waals surface area contributed by atoms with Gasteiger partial charge in [0.2, 0.25) is 5.82 Å². The number of ether oxygens (including phenoxy) is 2. The molecule has 1 heterocycles. The van der Waals surface area contributed by atoms with Gasteiger partial charge in [0.05, 0.1) is 19.3 Å². The summed E-state index contributed by atoms with van der Waals surface area (Å²) in [7, 11) is 0. The minimum absolute atomic E-state index is 0.0429. The van der Waals surface area contributed by atoms with E-state index < -0.39 is 17.7 Å². The van der Waals surface area contributed by atoms with E-state index in [0.717, 1.165) is 36.8 Å². The van der Waals surface area contributed by atoms with Crippen molar-refractivity contribution in [1.29, 1.82) is 0 Å². The van der Waals surface area contributed by atoms with E-state index in [1.54, 1.807) is 37.3 Å². The predicted molar refractivity (Wildman–Crippen MR) is 128 cm³/mol. The number of epoxide rings is 1. The van der Waals surface area contributed by atoms with E-state index in [0.29, 0.717) is 24.3 Å². The second-order valence-electron chi connectivity index (χ2n) is 9.67. The average molecular weight is 483 g/mol. The number of aliphatic hydroxyl groups is 1. The third kappa shape index (κ3) is 5.24. The molecule has 3 aromatic carbocycles. The Hall–Kier alpha value is -2.83. The standard InChI is InChI=1S/C29H29F3O3/c1-17(33)19-6-8-21(9-7-19)24-12-13-26(29(32)28(24)31)34-15-18-2-4-20(5-3-18)23-11-10-22(14-25(23)30)27-16-35-27/h6-14,17-18,20,27,33H,2-5,15-16H2,1H3. The lowest BCUT2D eigenvalue weighted by atomic mass is 9.78. The van der Waals surface area contributed by atoms with Gasteiger partial charge in [-0.2, -0.15) is 4.39 Å². The third-order valence-electron chi connectivity index (χ3n) is 7.24. The van der Waals surface area contributed by atoms with Crippen LogP contribution in [-0.4, -0.2) is 18.3 Å². The van der Waals surface area contributed by atoms with E-state index in [2.05, 4.69) is 0 Å². The van der Waals surface area contributed by atoms with Crippen LogP contribution in [0.25, 0.3) is 11.1 Å². The van der Waals surface area contributed by atoms with Crippen LogP contribution >= 0.6 is 0 Å². The molecular formula is C29H29F3O3. The molecule has 0 aromatic heterocycles. The van der Waals surface area contributed by atoms with Crippen LogP contribution in [0.1, 0.15) is 67.4 Å². The second kappa shape index (κ2) is 10.0. The number of halogens is 3. The van der Waals surface area contributed by atoms with Crippen molar-refractivity contribution in [2.24, 2.45) is 5.92 Å². The summed E-state index contributed by atoms with van der Waals surface area (Å²) in [6, 6.07) is 15.1. The molecule has 35 heavy (non-hydrogen) atoms. The molecule has 3 nitrogen and oxygen atoms in total. The highest BCUT2D eigenvalue weighted by Gasteiger charge is 2.28. The molecule has 0 amide bonds. The SMILES string of the molecule is CC(O)c1ccc(-c2ccc(OCC3CCC(c4ccc(C5CO5)cc4F)CC3)c(F)c2F)cc1. The number of hydrogen-bond acceptors (Lipinski definition) is 3. The van der Waals surface area contributed by atoms with Gasteiger partial charge in [-0.05, 0) is 84.9 Å². The van der Waals surface area contributed by atoms with Gasteiger partial charge in [-0.1, -0.05) is 36.4 Å². The van der Waals surface area contributed by atoms with Crippen LogP contribution in [0, 0.1) is 23.4 Å². The van der Waals surface area contributed by atoms with E-state index >= 15 is 0 Å². The molecule has 0 bridgehead atoms. The Labute approximate surface area is 203 Å². The van der Waals surface area contributed by atoms with E-state index in [4.69, 9.17) is 9.47 Å². The fraction of sp³-hybridized carbons (Fsp3) is 0.379. The summed E-state index contributed by atoms with van der Waals surface area (Å²) in [5, 5.41) is 9.63. The van der Waals surface area contributed by atoms with Gasteiger partial charge >= 0.3 is 0 Å². The van der Waals surface area contributed by atoms with Gasteiger partial charge in [-0.25, -0.2) is 8.78 Å². The molecule has 2 fully saturated rings. The Kier molecular flexibility index (Phi) is 6.85. The first kappa shape index (κ1) is 23.9. The van der Waals surface area contributed by atoms with Gasteiger partial charge in [0.25, 0.3) is 0 Å². The summed E-state index contributed by atoms with van der Waals surface area (Å²) < 4.78 is 55.0. The first-order valence-corrected chi connectivity index (χ1v) is 12.2. The molecule has 2 unspecified atom stereocenters. The highest BCUT2D eigenvalue weighted by Crippen LogP contribution is 2.39. The normalized spacial score (nSPS) is 22.6. The summed E-state index contributed by atoms with van der Waals surface area (Å²) in [5.74, 6) is -1.85. The smallest absolute Gasteiger partial charge is 0.201 e. The zero-order valence-electron chi connectivity index (χ0n) is 19.6. The third-order valence-corrected chi connectivity index (χ3v) is 7.24. The maximum atomic E-state index is 14.8. The molecular weight excluding hydrogens is 453 g/mol. The quantitative estimate of drug-likeness (QED) is 0.361. The summed E-state index contributed by atoms with van der Waals surface area (Å²) in [6.45, 7) is 2.61. The molecule has 1 aliphatic heterocycles. The van der Waals surface area contributed by atoms with Crippen LogP contribution in [0.5, 0.6) is 5.75 Å². The molecule has 1 saturated carbocycles. The minimum atomic E-state index is -1.00. The molecule has 184 valence electrons. The van der Waals surface area contributed by atoms with E-state index in [1.807, 2.05) is 12.1 Å². The van der Waals surface area contributed by atoms with Gasteiger partial charge in [-0.15, -0.1) is 0 Å². The van der Waals surface area contributed by atoms with Crippen molar-refractivity contribution in [1.82, 2.24) is 0 Å². The van der Waals surface area contributed by atoms with Gasteiger partial charge < -0.3 is 14.6 Å². The highest BCUT2D eigenvalue weighted by atomic mass is 19.2. The van der Waals surface area contributed by atoms with E-state index in [-0.39, 0.29) is 35.1 Å². The van der Waals surface area contributed by atoms with Crippen LogP contribution in [-0.2, 0) is 4.74 Å². The molecule has 1 N–H and O–H groups in total. The van der Waals surface area contributed by atoms with Crippen molar-refractivity contribution in [2.45, 2.75) is 50.7 Å². The number of aliphatic hydroxyl groups excluding tert-OH is 1. The number of benzene rings is 3. The van der Waals surface area contributed by atoms with Gasteiger partial charge in [0.15, 0.2) is 11.6 Å². The summed E-state index contributed by atoms with van der Waals surface area (Å²) in [4.78, 5) is 0. The lowest BCUT2D eigenvalue weighted by Crippen LogP contribution is -2.20.